The van der Waals surface area contributed by atoms with Crippen molar-refractivity contribution in [2.45, 2.75) is 110 Å². The summed E-state index contributed by atoms with van der Waals surface area (Å²) >= 11 is 0. The van der Waals surface area contributed by atoms with Crippen LogP contribution in [0, 0.1) is 5.92 Å². The van der Waals surface area contributed by atoms with Crippen LogP contribution in [0.5, 0.6) is 0 Å². The molecule has 0 spiro atoms. The smallest absolute Gasteiger partial charge is 0.308 e. The third-order valence-corrected chi connectivity index (χ3v) is 5.77. The molecule has 0 aliphatic heterocycles. The Kier molecular flexibility index (Phi) is 15.7. The van der Waals surface area contributed by atoms with Crippen LogP contribution >= 0.6 is 0 Å². The highest BCUT2D eigenvalue weighted by molar-refractivity contribution is 5.72. The third-order valence-electron chi connectivity index (χ3n) is 5.77. The maximum atomic E-state index is 12.1. The molecule has 0 heterocycles. The SMILES string of the molecule is CCCCCCCCCCCCCCCCC(Cc1ccccc1)C(=O)OC. The van der Waals surface area contributed by atoms with E-state index in [9.17, 15) is 4.79 Å². The predicted octanol–water partition coefficient (Wildman–Crippen LogP) is 7.89. The Hall–Kier alpha value is -1.31. The second kappa shape index (κ2) is 17.8. The maximum Gasteiger partial charge on any atom is 0.308 e. The lowest BCUT2D eigenvalue weighted by Gasteiger charge is -2.14. The van der Waals surface area contributed by atoms with Crippen molar-refractivity contribution in [1.82, 2.24) is 0 Å². The molecule has 1 atom stereocenters. The molecular formula is C26H44O2. The Morgan fingerprint density at radius 1 is 0.750 bits per heavy atom. The number of benzene rings is 1. The van der Waals surface area contributed by atoms with Gasteiger partial charge in [0.05, 0.1) is 13.0 Å². The molecule has 160 valence electrons. The number of hydrogen-bond acceptors (Lipinski definition) is 2. The van der Waals surface area contributed by atoms with Gasteiger partial charge in [-0.3, -0.25) is 4.79 Å². The minimum atomic E-state index is -0.0569. The van der Waals surface area contributed by atoms with Crippen molar-refractivity contribution in [1.29, 1.82) is 0 Å². The summed E-state index contributed by atoms with van der Waals surface area (Å²) in [5.74, 6) is -0.0525. The van der Waals surface area contributed by atoms with Crippen LogP contribution in [0.25, 0.3) is 0 Å². The molecule has 2 nitrogen and oxygen atoms in total. The molecule has 1 rings (SSSR count). The van der Waals surface area contributed by atoms with Crippen LogP contribution in [0.2, 0.25) is 0 Å². The normalized spacial score (nSPS) is 12.1. The van der Waals surface area contributed by atoms with Crippen molar-refractivity contribution in [3.8, 4) is 0 Å². The Morgan fingerprint density at radius 3 is 1.68 bits per heavy atom. The standard InChI is InChI=1S/C26H44O2/c1-3-4-5-6-7-8-9-10-11-12-13-14-15-19-22-25(26(27)28-2)23-24-20-17-16-18-21-24/h16-18,20-21,25H,3-15,19,22-23H2,1-2H3. The highest BCUT2D eigenvalue weighted by Crippen LogP contribution is 2.19. The number of rotatable bonds is 18. The first-order valence-corrected chi connectivity index (χ1v) is 11.9. The van der Waals surface area contributed by atoms with Crippen molar-refractivity contribution < 1.29 is 9.53 Å². The highest BCUT2D eigenvalue weighted by Gasteiger charge is 2.19. The molecule has 1 aromatic carbocycles. The number of carbonyl (C=O) groups is 1. The van der Waals surface area contributed by atoms with Crippen molar-refractivity contribution in [3.63, 3.8) is 0 Å². The average molecular weight is 389 g/mol. The highest BCUT2D eigenvalue weighted by atomic mass is 16.5. The molecular weight excluding hydrogens is 344 g/mol. The fraction of sp³-hybridized carbons (Fsp3) is 0.731. The van der Waals surface area contributed by atoms with Crippen LogP contribution < -0.4 is 0 Å². The Morgan fingerprint density at radius 2 is 1.21 bits per heavy atom. The van der Waals surface area contributed by atoms with E-state index in [2.05, 4.69) is 19.1 Å². The van der Waals surface area contributed by atoms with E-state index >= 15 is 0 Å². The first-order valence-electron chi connectivity index (χ1n) is 11.9. The lowest BCUT2D eigenvalue weighted by atomic mass is 9.93. The van der Waals surface area contributed by atoms with E-state index in [4.69, 9.17) is 4.74 Å². The van der Waals surface area contributed by atoms with Gasteiger partial charge in [0.1, 0.15) is 0 Å². The summed E-state index contributed by atoms with van der Waals surface area (Å²) in [4.78, 5) is 12.1. The zero-order chi connectivity index (χ0) is 20.3. The van der Waals surface area contributed by atoms with Crippen LogP contribution in [0.3, 0.4) is 0 Å². The van der Waals surface area contributed by atoms with Gasteiger partial charge in [0.2, 0.25) is 0 Å². The van der Waals surface area contributed by atoms with Gasteiger partial charge in [-0.1, -0.05) is 127 Å². The third kappa shape index (κ3) is 13.0. The molecule has 0 amide bonds. The molecule has 0 bridgehead atoms. The van der Waals surface area contributed by atoms with Gasteiger partial charge >= 0.3 is 5.97 Å². The maximum absolute atomic E-state index is 12.1. The first-order chi connectivity index (χ1) is 13.8. The van der Waals surface area contributed by atoms with Crippen LogP contribution in [0.1, 0.15) is 109 Å². The van der Waals surface area contributed by atoms with Gasteiger partial charge in [-0.2, -0.15) is 0 Å². The number of methoxy groups -OCH3 is 1. The summed E-state index contributed by atoms with van der Waals surface area (Å²) in [6.07, 6.45) is 20.8. The molecule has 28 heavy (non-hydrogen) atoms. The Bertz CT molecular complexity index is 469. The molecule has 0 fully saturated rings. The molecule has 0 aromatic heterocycles. The van der Waals surface area contributed by atoms with Crippen LogP contribution in [0.4, 0.5) is 0 Å². The Balaban J connectivity index is 1.99. The summed E-state index contributed by atoms with van der Waals surface area (Å²) in [5.41, 5.74) is 1.23. The van der Waals surface area contributed by atoms with E-state index in [0.29, 0.717) is 0 Å². The lowest BCUT2D eigenvalue weighted by Crippen LogP contribution is -2.18. The summed E-state index contributed by atoms with van der Waals surface area (Å²) in [6.45, 7) is 2.28. The molecule has 1 unspecified atom stereocenters. The Labute approximate surface area is 174 Å². The van der Waals surface area contributed by atoms with E-state index in [1.54, 1.807) is 0 Å². The van der Waals surface area contributed by atoms with Crippen molar-refractivity contribution in [3.05, 3.63) is 35.9 Å². The molecule has 2 heteroatoms. The number of ether oxygens (including phenoxy) is 1. The van der Waals surface area contributed by atoms with Gasteiger partial charge in [0, 0.05) is 0 Å². The zero-order valence-corrected chi connectivity index (χ0v) is 18.6. The molecule has 0 radical (unpaired) electrons. The molecule has 0 saturated carbocycles. The first kappa shape index (κ1) is 24.7. The fourth-order valence-electron chi connectivity index (χ4n) is 3.95. The largest absolute Gasteiger partial charge is 0.469 e. The fourth-order valence-corrected chi connectivity index (χ4v) is 3.95. The van der Waals surface area contributed by atoms with Gasteiger partial charge in [-0.05, 0) is 18.4 Å². The summed E-state index contributed by atoms with van der Waals surface area (Å²) in [6, 6.07) is 10.3. The minimum absolute atomic E-state index is 0.00438. The second-order valence-electron chi connectivity index (χ2n) is 8.29. The molecule has 0 saturated heterocycles. The molecule has 0 aliphatic carbocycles. The van der Waals surface area contributed by atoms with E-state index in [0.717, 1.165) is 19.3 Å². The van der Waals surface area contributed by atoms with Crippen molar-refractivity contribution in [2.24, 2.45) is 5.92 Å². The monoisotopic (exact) mass is 388 g/mol. The van der Waals surface area contributed by atoms with Gasteiger partial charge in [0.25, 0.3) is 0 Å². The van der Waals surface area contributed by atoms with E-state index in [1.807, 2.05) is 18.2 Å². The van der Waals surface area contributed by atoms with Crippen molar-refractivity contribution in [2.75, 3.05) is 7.11 Å². The number of hydrogen-bond donors (Lipinski definition) is 0. The van der Waals surface area contributed by atoms with Gasteiger partial charge in [-0.15, -0.1) is 0 Å². The zero-order valence-electron chi connectivity index (χ0n) is 18.6. The molecule has 0 N–H and O–H groups in total. The summed E-state index contributed by atoms with van der Waals surface area (Å²) in [7, 11) is 1.51. The summed E-state index contributed by atoms with van der Waals surface area (Å²) in [5, 5.41) is 0. The topological polar surface area (TPSA) is 26.3 Å². The van der Waals surface area contributed by atoms with E-state index in [-0.39, 0.29) is 11.9 Å². The minimum Gasteiger partial charge on any atom is -0.469 e. The van der Waals surface area contributed by atoms with Crippen LogP contribution in [-0.4, -0.2) is 13.1 Å². The number of esters is 1. The van der Waals surface area contributed by atoms with E-state index in [1.165, 1.54) is 96.1 Å². The van der Waals surface area contributed by atoms with Crippen LogP contribution in [-0.2, 0) is 16.0 Å². The molecule has 0 aliphatic rings. The van der Waals surface area contributed by atoms with Gasteiger partial charge in [0.15, 0.2) is 0 Å². The van der Waals surface area contributed by atoms with Gasteiger partial charge < -0.3 is 4.74 Å². The number of unbranched alkanes of at least 4 members (excludes halogenated alkanes) is 13. The van der Waals surface area contributed by atoms with Crippen molar-refractivity contribution >= 4 is 5.97 Å². The quantitative estimate of drug-likeness (QED) is 0.189. The van der Waals surface area contributed by atoms with Gasteiger partial charge in [-0.25, -0.2) is 0 Å². The molecule has 1 aromatic rings. The predicted molar refractivity (Wildman–Crippen MR) is 121 cm³/mol. The summed E-state index contributed by atoms with van der Waals surface area (Å²) < 4.78 is 5.02. The lowest BCUT2D eigenvalue weighted by molar-refractivity contribution is -0.145. The van der Waals surface area contributed by atoms with E-state index < -0.39 is 0 Å². The number of carbonyl (C=O) groups excluding carboxylic acids is 1. The second-order valence-corrected chi connectivity index (χ2v) is 8.29. The average Bonchev–Trinajstić information content (AvgIpc) is 2.73. The van der Waals surface area contributed by atoms with Crippen LogP contribution in [0.15, 0.2) is 30.3 Å².